The van der Waals surface area contributed by atoms with Crippen molar-refractivity contribution >= 4 is 38.6 Å². The van der Waals surface area contributed by atoms with Gasteiger partial charge in [0.1, 0.15) is 5.58 Å². The Morgan fingerprint density at radius 1 is 1.06 bits per heavy atom. The van der Waals surface area contributed by atoms with Gasteiger partial charge in [-0.2, -0.15) is 0 Å². The van der Waals surface area contributed by atoms with Gasteiger partial charge < -0.3 is 14.5 Å². The number of para-hydroxylation sites is 1. The molecule has 1 heterocycles. The Bertz CT molecular complexity index is 1200. The van der Waals surface area contributed by atoms with E-state index in [0.29, 0.717) is 28.6 Å². The molecule has 0 bridgehead atoms. The molecule has 1 amide bonds. The standard InChI is InChI=1S/C22H24N2O6S/c1-3-12-31(27,28)24-16-9-7-8-15(13-16)21(25)23-14-18-17-10-5-6-11-19(17)30-20(18)22(26)29-4-2/h5-11,13,24H,3-4,12,14H2,1-2H3,(H,23,25). The summed E-state index contributed by atoms with van der Waals surface area (Å²) in [5.41, 5.74) is 1.62. The highest BCUT2D eigenvalue weighted by Crippen LogP contribution is 2.26. The topological polar surface area (TPSA) is 115 Å². The highest BCUT2D eigenvalue weighted by molar-refractivity contribution is 7.92. The molecule has 9 heteroatoms. The van der Waals surface area contributed by atoms with Crippen LogP contribution in [0.1, 0.15) is 46.7 Å². The molecule has 31 heavy (non-hydrogen) atoms. The molecule has 0 aliphatic carbocycles. The van der Waals surface area contributed by atoms with Crippen LogP contribution in [0, 0.1) is 0 Å². The van der Waals surface area contributed by atoms with Gasteiger partial charge in [-0.1, -0.05) is 31.2 Å². The molecule has 3 rings (SSSR count). The van der Waals surface area contributed by atoms with E-state index >= 15 is 0 Å². The van der Waals surface area contributed by atoms with Crippen molar-refractivity contribution in [3.63, 3.8) is 0 Å². The summed E-state index contributed by atoms with van der Waals surface area (Å²) >= 11 is 0. The van der Waals surface area contributed by atoms with Gasteiger partial charge in [-0.3, -0.25) is 9.52 Å². The monoisotopic (exact) mass is 444 g/mol. The number of carbonyl (C=O) groups excluding carboxylic acids is 2. The lowest BCUT2D eigenvalue weighted by atomic mass is 10.1. The molecule has 0 fully saturated rings. The molecule has 1 aromatic heterocycles. The van der Waals surface area contributed by atoms with Gasteiger partial charge in [0.05, 0.1) is 12.4 Å². The van der Waals surface area contributed by atoms with Crippen LogP contribution in [0.5, 0.6) is 0 Å². The Hall–Kier alpha value is -3.33. The minimum absolute atomic E-state index is 0.00633. The van der Waals surface area contributed by atoms with E-state index in [9.17, 15) is 18.0 Å². The molecule has 8 nitrogen and oxygen atoms in total. The molecule has 0 saturated heterocycles. The first kappa shape index (κ1) is 22.4. The third-order valence-corrected chi connectivity index (χ3v) is 5.95. The highest BCUT2D eigenvalue weighted by atomic mass is 32.2. The van der Waals surface area contributed by atoms with E-state index in [-0.39, 0.29) is 30.2 Å². The van der Waals surface area contributed by atoms with Crippen molar-refractivity contribution in [2.24, 2.45) is 0 Å². The first-order valence-corrected chi connectivity index (χ1v) is 11.6. The second kappa shape index (κ2) is 9.65. The second-order valence-electron chi connectivity index (χ2n) is 6.81. The van der Waals surface area contributed by atoms with Crippen LogP contribution in [0.15, 0.2) is 52.9 Å². The second-order valence-corrected chi connectivity index (χ2v) is 8.65. The van der Waals surface area contributed by atoms with Crippen LogP contribution in [-0.4, -0.2) is 32.7 Å². The molecule has 0 radical (unpaired) electrons. The SMILES string of the molecule is CCCS(=O)(=O)Nc1cccc(C(=O)NCc2c(C(=O)OCC)oc3ccccc23)c1. The lowest BCUT2D eigenvalue weighted by molar-refractivity contribution is 0.0490. The zero-order chi connectivity index (χ0) is 22.4. The van der Waals surface area contributed by atoms with Gasteiger partial charge in [0.2, 0.25) is 15.8 Å². The summed E-state index contributed by atoms with van der Waals surface area (Å²) < 4.78 is 37.1. The number of esters is 1. The molecule has 0 unspecified atom stereocenters. The first-order chi connectivity index (χ1) is 14.8. The minimum Gasteiger partial charge on any atom is -0.460 e. The number of hydrogen-bond donors (Lipinski definition) is 2. The number of benzene rings is 2. The first-order valence-electron chi connectivity index (χ1n) is 9.91. The predicted octanol–water partition coefficient (Wildman–Crippen LogP) is 3.69. The molecule has 0 saturated carbocycles. The van der Waals surface area contributed by atoms with Crippen LogP contribution in [0.4, 0.5) is 5.69 Å². The highest BCUT2D eigenvalue weighted by Gasteiger charge is 2.22. The summed E-state index contributed by atoms with van der Waals surface area (Å²) in [6.07, 6.45) is 0.483. The van der Waals surface area contributed by atoms with E-state index in [0.717, 1.165) is 0 Å². The maximum atomic E-state index is 12.7. The van der Waals surface area contributed by atoms with Crippen LogP contribution in [-0.2, 0) is 21.3 Å². The van der Waals surface area contributed by atoms with Crippen molar-refractivity contribution in [3.05, 3.63) is 65.4 Å². The maximum absolute atomic E-state index is 12.7. The van der Waals surface area contributed by atoms with Crippen molar-refractivity contribution < 1.29 is 27.2 Å². The summed E-state index contributed by atoms with van der Waals surface area (Å²) in [5, 5.41) is 3.46. The van der Waals surface area contributed by atoms with Gasteiger partial charge in [0, 0.05) is 28.7 Å². The van der Waals surface area contributed by atoms with Gasteiger partial charge >= 0.3 is 5.97 Å². The molecular formula is C22H24N2O6S. The lowest BCUT2D eigenvalue weighted by Crippen LogP contribution is -2.24. The summed E-state index contributed by atoms with van der Waals surface area (Å²) in [6.45, 7) is 3.70. The van der Waals surface area contributed by atoms with Crippen molar-refractivity contribution in [3.8, 4) is 0 Å². The van der Waals surface area contributed by atoms with Crippen LogP contribution in [0.3, 0.4) is 0 Å². The molecule has 0 aliphatic heterocycles. The normalized spacial score (nSPS) is 11.3. The number of hydrogen-bond acceptors (Lipinski definition) is 6. The van der Waals surface area contributed by atoms with Crippen LogP contribution in [0.2, 0.25) is 0 Å². The zero-order valence-electron chi connectivity index (χ0n) is 17.3. The molecule has 0 atom stereocenters. The Morgan fingerprint density at radius 3 is 2.58 bits per heavy atom. The Kier molecular flexibility index (Phi) is 6.96. The minimum atomic E-state index is -3.47. The Morgan fingerprint density at radius 2 is 1.84 bits per heavy atom. The number of sulfonamides is 1. The number of rotatable bonds is 9. The number of carbonyl (C=O) groups is 2. The van der Waals surface area contributed by atoms with Gasteiger partial charge in [-0.05, 0) is 37.6 Å². The van der Waals surface area contributed by atoms with E-state index in [2.05, 4.69) is 10.0 Å². The molecule has 0 aliphatic rings. The van der Waals surface area contributed by atoms with Crippen molar-refractivity contribution in [2.45, 2.75) is 26.8 Å². The van der Waals surface area contributed by atoms with Crippen LogP contribution >= 0.6 is 0 Å². The number of furan rings is 1. The fourth-order valence-corrected chi connectivity index (χ4v) is 4.26. The summed E-state index contributed by atoms with van der Waals surface area (Å²) in [6, 6.07) is 13.3. The average Bonchev–Trinajstić information content (AvgIpc) is 3.10. The van der Waals surface area contributed by atoms with Gasteiger partial charge in [0.25, 0.3) is 5.91 Å². The summed E-state index contributed by atoms with van der Waals surface area (Å²) in [5.74, 6) is -0.982. The third-order valence-electron chi connectivity index (χ3n) is 4.46. The molecule has 2 N–H and O–H groups in total. The van der Waals surface area contributed by atoms with Gasteiger partial charge in [-0.15, -0.1) is 0 Å². The number of nitrogens with one attached hydrogen (secondary N) is 2. The fraction of sp³-hybridized carbons (Fsp3) is 0.273. The summed E-state index contributed by atoms with van der Waals surface area (Å²) in [4.78, 5) is 25.0. The predicted molar refractivity (Wildman–Crippen MR) is 117 cm³/mol. The van der Waals surface area contributed by atoms with Crippen molar-refractivity contribution in [1.82, 2.24) is 5.32 Å². The molecule has 164 valence electrons. The van der Waals surface area contributed by atoms with Crippen molar-refractivity contribution in [1.29, 1.82) is 0 Å². The van der Waals surface area contributed by atoms with E-state index in [1.54, 1.807) is 50.2 Å². The fourth-order valence-electron chi connectivity index (χ4n) is 3.13. The summed E-state index contributed by atoms with van der Waals surface area (Å²) in [7, 11) is -3.47. The molecular weight excluding hydrogens is 420 g/mol. The largest absolute Gasteiger partial charge is 0.460 e. The quantitative estimate of drug-likeness (QED) is 0.487. The van der Waals surface area contributed by atoms with E-state index in [1.807, 2.05) is 6.07 Å². The Balaban J connectivity index is 1.80. The number of ether oxygens (including phenoxy) is 1. The smallest absolute Gasteiger partial charge is 0.374 e. The van der Waals surface area contributed by atoms with Crippen molar-refractivity contribution in [2.75, 3.05) is 17.1 Å². The number of fused-ring (bicyclic) bond motifs is 1. The number of amides is 1. The van der Waals surface area contributed by atoms with Crippen LogP contribution in [0.25, 0.3) is 11.0 Å². The third kappa shape index (κ3) is 5.43. The van der Waals surface area contributed by atoms with E-state index < -0.39 is 21.9 Å². The Labute approximate surface area is 180 Å². The van der Waals surface area contributed by atoms with Crippen LogP contribution < -0.4 is 10.0 Å². The van der Waals surface area contributed by atoms with Gasteiger partial charge in [-0.25, -0.2) is 13.2 Å². The zero-order valence-corrected chi connectivity index (χ0v) is 18.1. The molecule has 2 aromatic carbocycles. The lowest BCUT2D eigenvalue weighted by Gasteiger charge is -2.10. The average molecular weight is 445 g/mol. The van der Waals surface area contributed by atoms with Gasteiger partial charge in [0.15, 0.2) is 0 Å². The molecule has 3 aromatic rings. The number of anilines is 1. The van der Waals surface area contributed by atoms with E-state index in [1.165, 1.54) is 6.07 Å². The maximum Gasteiger partial charge on any atom is 0.374 e. The molecule has 0 spiro atoms. The van der Waals surface area contributed by atoms with E-state index in [4.69, 9.17) is 9.15 Å².